The number of fused-ring (bicyclic) bond motifs is 3. The summed E-state index contributed by atoms with van der Waals surface area (Å²) < 4.78 is 1.80. The molecule has 1 aliphatic rings. The van der Waals surface area contributed by atoms with Gasteiger partial charge in [-0.1, -0.05) is 12.1 Å². The van der Waals surface area contributed by atoms with Crippen LogP contribution in [0.25, 0.3) is 10.9 Å². The largest absolute Gasteiger partial charge is 0.361 e. The topological polar surface area (TPSA) is 66.0 Å². The number of carbonyl (C=O) groups excluding carboxylic acids is 1. The third-order valence-corrected chi connectivity index (χ3v) is 4.84. The molecule has 0 fully saturated rings. The van der Waals surface area contributed by atoms with Crippen molar-refractivity contribution in [1.82, 2.24) is 14.8 Å². The number of carbonyl (C=O) groups is 1. The van der Waals surface area contributed by atoms with Crippen LogP contribution in [-0.4, -0.2) is 20.7 Å². The first-order chi connectivity index (χ1) is 12.7. The van der Waals surface area contributed by atoms with Crippen molar-refractivity contribution in [3.8, 4) is 0 Å². The van der Waals surface area contributed by atoms with Crippen molar-refractivity contribution in [2.45, 2.75) is 6.54 Å². The summed E-state index contributed by atoms with van der Waals surface area (Å²) in [5.74, 6) is 0.882. The number of aromatic nitrogens is 3. The molecule has 1 aliphatic heterocycles. The van der Waals surface area contributed by atoms with Crippen LogP contribution in [0.3, 0.4) is 0 Å². The molecule has 0 radical (unpaired) electrons. The van der Waals surface area contributed by atoms with Crippen molar-refractivity contribution < 1.29 is 4.79 Å². The number of benzene rings is 2. The van der Waals surface area contributed by atoms with Gasteiger partial charge in [0.1, 0.15) is 5.82 Å². The first-order valence-corrected chi connectivity index (χ1v) is 8.46. The Kier molecular flexibility index (Phi) is 3.12. The van der Waals surface area contributed by atoms with Crippen LogP contribution in [0.1, 0.15) is 15.9 Å². The van der Waals surface area contributed by atoms with E-state index in [1.807, 2.05) is 72.9 Å². The van der Waals surface area contributed by atoms with Crippen LogP contribution in [0.5, 0.6) is 0 Å². The molecule has 5 rings (SSSR count). The van der Waals surface area contributed by atoms with E-state index in [1.54, 1.807) is 4.68 Å². The van der Waals surface area contributed by atoms with E-state index in [9.17, 15) is 4.79 Å². The molecule has 2 aromatic heterocycles. The second-order valence-corrected chi connectivity index (χ2v) is 6.46. The van der Waals surface area contributed by atoms with Crippen LogP contribution in [0, 0.1) is 0 Å². The van der Waals surface area contributed by atoms with Crippen molar-refractivity contribution in [2.75, 3.05) is 10.2 Å². The molecule has 0 bridgehead atoms. The van der Waals surface area contributed by atoms with E-state index >= 15 is 0 Å². The van der Waals surface area contributed by atoms with Crippen molar-refractivity contribution in [1.29, 1.82) is 0 Å². The van der Waals surface area contributed by atoms with E-state index in [4.69, 9.17) is 0 Å². The third kappa shape index (κ3) is 2.19. The third-order valence-electron chi connectivity index (χ3n) is 4.84. The maximum atomic E-state index is 13.4. The van der Waals surface area contributed by atoms with Crippen molar-refractivity contribution >= 4 is 34.0 Å². The van der Waals surface area contributed by atoms with E-state index in [0.29, 0.717) is 12.1 Å². The molecule has 4 aromatic rings. The van der Waals surface area contributed by atoms with Gasteiger partial charge in [-0.05, 0) is 36.4 Å². The standard InChI is InChI=1S/C20H17N5O/c1-24-19-15(11-22-24)12-25(18-5-3-2-4-17(18)23-19)20(26)14-6-7-16-13(10-14)8-9-21-16/h2-11,21,23H,12H2,1H3. The van der Waals surface area contributed by atoms with Gasteiger partial charge in [0.05, 0.1) is 24.1 Å². The van der Waals surface area contributed by atoms with Crippen LogP contribution in [0.15, 0.2) is 60.9 Å². The Morgan fingerprint density at radius 3 is 2.96 bits per heavy atom. The molecule has 26 heavy (non-hydrogen) atoms. The summed E-state index contributed by atoms with van der Waals surface area (Å²) in [6.45, 7) is 0.469. The van der Waals surface area contributed by atoms with Gasteiger partial charge in [-0.25, -0.2) is 0 Å². The van der Waals surface area contributed by atoms with E-state index in [0.717, 1.165) is 33.7 Å². The smallest absolute Gasteiger partial charge is 0.258 e. The highest BCUT2D eigenvalue weighted by Gasteiger charge is 2.26. The number of aryl methyl sites for hydroxylation is 1. The minimum Gasteiger partial charge on any atom is -0.361 e. The lowest BCUT2D eigenvalue weighted by Crippen LogP contribution is -2.29. The minimum atomic E-state index is -0.0287. The first kappa shape index (κ1) is 14.8. The van der Waals surface area contributed by atoms with Crippen LogP contribution in [-0.2, 0) is 13.6 Å². The zero-order valence-corrected chi connectivity index (χ0v) is 14.2. The molecule has 128 valence electrons. The Hall–Kier alpha value is -3.54. The number of hydrogen-bond acceptors (Lipinski definition) is 3. The van der Waals surface area contributed by atoms with E-state index in [1.165, 1.54) is 0 Å². The Morgan fingerprint density at radius 2 is 2.04 bits per heavy atom. The fraction of sp³-hybridized carbons (Fsp3) is 0.100. The Bertz CT molecular complexity index is 1140. The predicted octanol–water partition coefficient (Wildman–Crippen LogP) is 3.81. The highest BCUT2D eigenvalue weighted by molar-refractivity contribution is 6.09. The Morgan fingerprint density at radius 1 is 1.15 bits per heavy atom. The molecule has 6 nitrogen and oxygen atoms in total. The maximum absolute atomic E-state index is 13.4. The summed E-state index contributed by atoms with van der Waals surface area (Å²) in [6.07, 6.45) is 3.69. The van der Waals surface area contributed by atoms with Crippen LogP contribution in [0.2, 0.25) is 0 Å². The molecular weight excluding hydrogens is 326 g/mol. The molecule has 0 aliphatic carbocycles. The van der Waals surface area contributed by atoms with Gasteiger partial charge in [-0.2, -0.15) is 5.10 Å². The van der Waals surface area contributed by atoms with Gasteiger partial charge in [0.2, 0.25) is 0 Å². The Labute approximate surface area is 150 Å². The van der Waals surface area contributed by atoms with Gasteiger partial charge in [-0.15, -0.1) is 0 Å². The van der Waals surface area contributed by atoms with Crippen molar-refractivity contribution in [3.05, 3.63) is 72.1 Å². The van der Waals surface area contributed by atoms with E-state index < -0.39 is 0 Å². The zero-order chi connectivity index (χ0) is 17.7. The molecular formula is C20H17N5O. The lowest BCUT2D eigenvalue weighted by Gasteiger charge is -2.22. The highest BCUT2D eigenvalue weighted by Crippen LogP contribution is 2.36. The summed E-state index contributed by atoms with van der Waals surface area (Å²) >= 11 is 0. The number of aromatic amines is 1. The van der Waals surface area contributed by atoms with Crippen LogP contribution >= 0.6 is 0 Å². The number of H-pyrrole nitrogens is 1. The molecule has 0 atom stereocenters. The number of amides is 1. The van der Waals surface area contributed by atoms with Crippen LogP contribution in [0.4, 0.5) is 17.2 Å². The summed E-state index contributed by atoms with van der Waals surface area (Å²) in [5, 5.41) is 8.77. The van der Waals surface area contributed by atoms with Crippen molar-refractivity contribution in [2.24, 2.45) is 7.05 Å². The summed E-state index contributed by atoms with van der Waals surface area (Å²) in [7, 11) is 1.89. The molecule has 0 spiro atoms. The van der Waals surface area contributed by atoms with Crippen LogP contribution < -0.4 is 10.2 Å². The quantitative estimate of drug-likeness (QED) is 0.552. The summed E-state index contributed by atoms with van der Waals surface area (Å²) in [6, 6.07) is 15.6. The second-order valence-electron chi connectivity index (χ2n) is 6.46. The van der Waals surface area contributed by atoms with E-state index in [2.05, 4.69) is 15.4 Å². The number of hydrogen-bond donors (Lipinski definition) is 2. The second kappa shape index (κ2) is 5.49. The molecule has 1 amide bonds. The first-order valence-electron chi connectivity index (χ1n) is 8.46. The highest BCUT2D eigenvalue weighted by atomic mass is 16.2. The molecule has 0 unspecified atom stereocenters. The molecule has 3 heterocycles. The normalized spacial score (nSPS) is 13.0. The SMILES string of the molecule is Cn1ncc2c1Nc1ccccc1N(C(=O)c1ccc3[nH]ccc3c1)C2. The number of para-hydroxylation sites is 2. The average Bonchev–Trinajstić information content (AvgIpc) is 3.22. The fourth-order valence-corrected chi connectivity index (χ4v) is 3.48. The molecule has 6 heteroatoms. The monoisotopic (exact) mass is 343 g/mol. The summed E-state index contributed by atoms with van der Waals surface area (Å²) in [4.78, 5) is 18.3. The minimum absolute atomic E-state index is 0.0287. The maximum Gasteiger partial charge on any atom is 0.258 e. The predicted molar refractivity (Wildman–Crippen MR) is 102 cm³/mol. The van der Waals surface area contributed by atoms with Gasteiger partial charge in [0.25, 0.3) is 5.91 Å². The Balaban J connectivity index is 1.63. The van der Waals surface area contributed by atoms with Gasteiger partial charge < -0.3 is 15.2 Å². The summed E-state index contributed by atoms with van der Waals surface area (Å²) in [5.41, 5.74) is 4.43. The molecule has 0 saturated heterocycles. The number of anilines is 3. The van der Waals surface area contributed by atoms with Crippen molar-refractivity contribution in [3.63, 3.8) is 0 Å². The number of nitrogens with zero attached hydrogens (tertiary/aromatic N) is 3. The number of nitrogens with one attached hydrogen (secondary N) is 2. The lowest BCUT2D eigenvalue weighted by molar-refractivity contribution is 0.0985. The fourth-order valence-electron chi connectivity index (χ4n) is 3.48. The van der Waals surface area contributed by atoms with Gasteiger partial charge in [0.15, 0.2) is 0 Å². The molecule has 0 saturated carbocycles. The average molecular weight is 343 g/mol. The molecule has 2 N–H and O–H groups in total. The van der Waals surface area contributed by atoms with E-state index in [-0.39, 0.29) is 5.91 Å². The van der Waals surface area contributed by atoms with Gasteiger partial charge >= 0.3 is 0 Å². The zero-order valence-electron chi connectivity index (χ0n) is 14.2. The van der Waals surface area contributed by atoms with Gasteiger partial charge in [-0.3, -0.25) is 9.48 Å². The molecule has 2 aromatic carbocycles. The van der Waals surface area contributed by atoms with Gasteiger partial charge in [0, 0.05) is 35.3 Å². The lowest BCUT2D eigenvalue weighted by atomic mass is 10.1. The number of rotatable bonds is 1.